The van der Waals surface area contributed by atoms with Crippen LogP contribution < -0.4 is 4.74 Å². The number of alkyl halides is 1. The van der Waals surface area contributed by atoms with Gasteiger partial charge in [-0.1, -0.05) is 11.8 Å². The molecule has 0 unspecified atom stereocenters. The summed E-state index contributed by atoms with van der Waals surface area (Å²) in [6.07, 6.45) is 0.993. The van der Waals surface area contributed by atoms with Gasteiger partial charge in [0.25, 0.3) is 0 Å². The Morgan fingerprint density at radius 3 is 2.41 bits per heavy atom. The Morgan fingerprint density at radius 2 is 1.84 bits per heavy atom. The number of benzene rings is 2. The fraction of sp³-hybridized carbons (Fsp3) is 0.217. The predicted octanol–water partition coefficient (Wildman–Crippen LogP) is 4.56. The van der Waals surface area contributed by atoms with Crippen molar-refractivity contribution < 1.29 is 26.3 Å². The zero-order valence-corrected chi connectivity index (χ0v) is 18.4. The Hall–Kier alpha value is -3.56. The van der Waals surface area contributed by atoms with Crippen LogP contribution in [0, 0.1) is 34.8 Å². The summed E-state index contributed by atoms with van der Waals surface area (Å²) in [6.45, 7) is 2.31. The molecular formula is C23H17F3N2O3S. The van der Waals surface area contributed by atoms with Crippen LogP contribution in [0.2, 0.25) is 0 Å². The molecular weight excluding hydrogens is 441 g/mol. The summed E-state index contributed by atoms with van der Waals surface area (Å²) < 4.78 is 73.2. The molecule has 0 fully saturated rings. The quantitative estimate of drug-likeness (QED) is 0.538. The van der Waals surface area contributed by atoms with E-state index < -0.39 is 32.7 Å². The molecule has 3 aromatic rings. The summed E-state index contributed by atoms with van der Waals surface area (Å²) >= 11 is 0. The standard InChI is InChI=1S/C23H17F3N2O3S/c1-23(2,26)8-7-14-16(24)10-18-21(22(14)25)19(31-3)11-17(28-18)15-9-13(12-27)5-6-20(15)32(4,29)30/h5-6,9-11H,1-4H3. The molecule has 0 aliphatic rings. The molecule has 1 aromatic heterocycles. The van der Waals surface area contributed by atoms with Crippen molar-refractivity contribution in [2.24, 2.45) is 0 Å². The molecule has 0 radical (unpaired) electrons. The molecule has 2 aromatic carbocycles. The molecule has 164 valence electrons. The van der Waals surface area contributed by atoms with E-state index in [1.165, 1.54) is 31.4 Å². The zero-order chi connectivity index (χ0) is 23.8. The minimum absolute atomic E-state index is 0.0365. The highest BCUT2D eigenvalue weighted by Crippen LogP contribution is 2.36. The van der Waals surface area contributed by atoms with Crippen molar-refractivity contribution in [3.05, 3.63) is 53.1 Å². The first-order valence-electron chi connectivity index (χ1n) is 9.19. The van der Waals surface area contributed by atoms with Crippen LogP contribution in [0.4, 0.5) is 13.2 Å². The van der Waals surface area contributed by atoms with Gasteiger partial charge in [-0.15, -0.1) is 0 Å². The van der Waals surface area contributed by atoms with E-state index in [-0.39, 0.29) is 38.4 Å². The number of fused-ring (bicyclic) bond motifs is 1. The molecule has 0 aliphatic carbocycles. The van der Waals surface area contributed by atoms with Gasteiger partial charge in [-0.3, -0.25) is 0 Å². The van der Waals surface area contributed by atoms with Crippen molar-refractivity contribution in [3.63, 3.8) is 0 Å². The van der Waals surface area contributed by atoms with E-state index in [4.69, 9.17) is 4.74 Å². The van der Waals surface area contributed by atoms with Crippen molar-refractivity contribution >= 4 is 20.7 Å². The first-order valence-corrected chi connectivity index (χ1v) is 11.1. The second kappa shape index (κ2) is 8.18. The zero-order valence-electron chi connectivity index (χ0n) is 17.5. The molecule has 0 bridgehead atoms. The summed E-state index contributed by atoms with van der Waals surface area (Å²) in [5.74, 6) is 2.11. The maximum absolute atomic E-state index is 15.2. The number of ether oxygens (including phenoxy) is 1. The molecule has 0 amide bonds. The maximum atomic E-state index is 15.2. The summed E-state index contributed by atoms with van der Waals surface area (Å²) in [4.78, 5) is 4.11. The number of pyridine rings is 1. The normalized spacial score (nSPS) is 11.6. The second-order valence-corrected chi connectivity index (χ2v) is 9.45. The Labute approximate surface area is 183 Å². The van der Waals surface area contributed by atoms with Crippen molar-refractivity contribution in [2.45, 2.75) is 24.4 Å². The number of hydrogen-bond acceptors (Lipinski definition) is 5. The number of hydrogen-bond donors (Lipinski definition) is 0. The molecule has 1 heterocycles. The summed E-state index contributed by atoms with van der Waals surface area (Å²) in [7, 11) is -2.47. The van der Waals surface area contributed by atoms with E-state index in [1.807, 2.05) is 6.07 Å². The molecule has 9 heteroatoms. The van der Waals surface area contributed by atoms with E-state index in [2.05, 4.69) is 16.8 Å². The highest BCUT2D eigenvalue weighted by Gasteiger charge is 2.22. The van der Waals surface area contributed by atoms with Crippen LogP contribution in [-0.2, 0) is 9.84 Å². The lowest BCUT2D eigenvalue weighted by Crippen LogP contribution is -2.07. The van der Waals surface area contributed by atoms with Gasteiger partial charge < -0.3 is 4.74 Å². The number of sulfone groups is 1. The van der Waals surface area contributed by atoms with Crippen molar-refractivity contribution in [2.75, 3.05) is 13.4 Å². The Bertz CT molecular complexity index is 1460. The van der Waals surface area contributed by atoms with Crippen LogP contribution >= 0.6 is 0 Å². The topological polar surface area (TPSA) is 80.0 Å². The SMILES string of the molecule is COc1cc(-c2cc(C#N)ccc2S(C)(=O)=O)nc2cc(F)c(C#CC(C)(C)F)c(F)c12. The third-order valence-corrected chi connectivity index (χ3v) is 5.60. The van der Waals surface area contributed by atoms with Gasteiger partial charge in [0.1, 0.15) is 11.6 Å². The molecule has 0 saturated carbocycles. The van der Waals surface area contributed by atoms with Gasteiger partial charge in [0.2, 0.25) is 0 Å². The van der Waals surface area contributed by atoms with Crippen LogP contribution in [0.3, 0.4) is 0 Å². The molecule has 0 N–H and O–H groups in total. The average Bonchev–Trinajstić information content (AvgIpc) is 2.70. The monoisotopic (exact) mass is 458 g/mol. The number of rotatable bonds is 3. The predicted molar refractivity (Wildman–Crippen MR) is 114 cm³/mol. The van der Waals surface area contributed by atoms with Gasteiger partial charge in [0.15, 0.2) is 21.3 Å². The maximum Gasteiger partial charge on any atom is 0.176 e. The van der Waals surface area contributed by atoms with Crippen LogP contribution in [0.1, 0.15) is 25.0 Å². The van der Waals surface area contributed by atoms with E-state index in [1.54, 1.807) is 0 Å². The van der Waals surface area contributed by atoms with Crippen molar-refractivity contribution in [3.8, 4) is 34.9 Å². The van der Waals surface area contributed by atoms with Gasteiger partial charge in [-0.25, -0.2) is 26.6 Å². The third-order valence-electron chi connectivity index (χ3n) is 4.44. The molecule has 3 rings (SSSR count). The molecule has 0 aliphatic heterocycles. The van der Waals surface area contributed by atoms with E-state index in [0.717, 1.165) is 26.2 Å². The number of aromatic nitrogens is 1. The minimum atomic E-state index is -3.72. The Balaban J connectivity index is 2.38. The molecule has 0 spiro atoms. The number of nitrogens with zero attached hydrogens (tertiary/aromatic N) is 2. The first-order chi connectivity index (χ1) is 14.9. The van der Waals surface area contributed by atoms with Crippen molar-refractivity contribution in [1.82, 2.24) is 4.98 Å². The van der Waals surface area contributed by atoms with Gasteiger partial charge in [0.05, 0.1) is 45.8 Å². The van der Waals surface area contributed by atoms with Gasteiger partial charge in [-0.2, -0.15) is 5.26 Å². The lowest BCUT2D eigenvalue weighted by atomic mass is 10.0. The molecule has 5 nitrogen and oxygen atoms in total. The minimum Gasteiger partial charge on any atom is -0.496 e. The van der Waals surface area contributed by atoms with Gasteiger partial charge in [-0.05, 0) is 32.0 Å². The summed E-state index contributed by atoms with van der Waals surface area (Å²) in [6, 6.07) is 8.03. The van der Waals surface area contributed by atoms with Crippen LogP contribution in [-0.4, -0.2) is 32.4 Å². The average molecular weight is 458 g/mol. The highest BCUT2D eigenvalue weighted by atomic mass is 32.2. The number of halogens is 3. The highest BCUT2D eigenvalue weighted by molar-refractivity contribution is 7.90. The van der Waals surface area contributed by atoms with Gasteiger partial charge in [0, 0.05) is 24.0 Å². The fourth-order valence-electron chi connectivity index (χ4n) is 3.04. The van der Waals surface area contributed by atoms with Crippen LogP contribution in [0.5, 0.6) is 5.75 Å². The molecule has 0 atom stereocenters. The number of nitriles is 1. The van der Waals surface area contributed by atoms with Crippen molar-refractivity contribution in [1.29, 1.82) is 5.26 Å². The summed E-state index contributed by atoms with van der Waals surface area (Å²) in [5.41, 5.74) is -2.48. The lowest BCUT2D eigenvalue weighted by molar-refractivity contribution is 0.301. The van der Waals surface area contributed by atoms with Crippen LogP contribution in [0.15, 0.2) is 35.2 Å². The third kappa shape index (κ3) is 4.53. The first kappa shape index (κ1) is 23.1. The summed E-state index contributed by atoms with van der Waals surface area (Å²) in [5, 5.41) is 9.00. The lowest BCUT2D eigenvalue weighted by Gasteiger charge is -2.13. The second-order valence-electron chi connectivity index (χ2n) is 7.47. The Kier molecular flexibility index (Phi) is 5.90. The van der Waals surface area contributed by atoms with E-state index >= 15 is 4.39 Å². The largest absolute Gasteiger partial charge is 0.496 e. The smallest absolute Gasteiger partial charge is 0.176 e. The molecule has 0 saturated heterocycles. The Morgan fingerprint density at radius 1 is 1.16 bits per heavy atom. The van der Waals surface area contributed by atoms with Gasteiger partial charge >= 0.3 is 0 Å². The van der Waals surface area contributed by atoms with E-state index in [9.17, 15) is 22.5 Å². The fourth-order valence-corrected chi connectivity index (χ4v) is 3.91. The number of methoxy groups -OCH3 is 1. The van der Waals surface area contributed by atoms with E-state index in [0.29, 0.717) is 0 Å². The van der Waals surface area contributed by atoms with Crippen LogP contribution in [0.25, 0.3) is 22.2 Å². The molecule has 32 heavy (non-hydrogen) atoms.